The molecule has 0 aliphatic carbocycles. The molecule has 0 aliphatic heterocycles. The number of carbonyl (C=O) groups excluding carboxylic acids is 1. The molecule has 5 heteroatoms. The van der Waals surface area contributed by atoms with Crippen LogP contribution in [0.15, 0.2) is 66.7 Å². The second-order valence-electron chi connectivity index (χ2n) is 5.00. The fourth-order valence-corrected chi connectivity index (χ4v) is 2.33. The number of aromatic carboxylic acids is 1. The van der Waals surface area contributed by atoms with E-state index < -0.39 is 12.0 Å². The van der Waals surface area contributed by atoms with Crippen LogP contribution in [-0.2, 0) is 0 Å². The van der Waals surface area contributed by atoms with Crippen molar-refractivity contribution in [3.8, 4) is 0 Å². The third-order valence-electron chi connectivity index (χ3n) is 3.40. The summed E-state index contributed by atoms with van der Waals surface area (Å²) >= 11 is 0. The van der Waals surface area contributed by atoms with Gasteiger partial charge in [-0.3, -0.25) is 0 Å². The molecule has 0 radical (unpaired) electrons. The van der Waals surface area contributed by atoms with Gasteiger partial charge in [0, 0.05) is 5.69 Å². The number of amides is 2. The molecule has 0 saturated carbocycles. The van der Waals surface area contributed by atoms with Crippen molar-refractivity contribution in [3.05, 3.63) is 72.3 Å². The maximum atomic E-state index is 12.1. The van der Waals surface area contributed by atoms with E-state index in [-0.39, 0.29) is 11.3 Å². The lowest BCUT2D eigenvalue weighted by atomic mass is 10.0. The first-order chi connectivity index (χ1) is 11.1. The zero-order chi connectivity index (χ0) is 16.2. The topological polar surface area (TPSA) is 78.4 Å². The Morgan fingerprint density at radius 3 is 2.04 bits per heavy atom. The Morgan fingerprint density at radius 2 is 1.39 bits per heavy atom. The molecule has 2 amide bonds. The van der Waals surface area contributed by atoms with Crippen LogP contribution < -0.4 is 10.6 Å². The molecule has 0 bridgehead atoms. The summed E-state index contributed by atoms with van der Waals surface area (Å²) in [4.78, 5) is 23.5. The molecule has 23 heavy (non-hydrogen) atoms. The first-order valence-corrected chi connectivity index (χ1v) is 7.02. The second-order valence-corrected chi connectivity index (χ2v) is 5.00. The molecular weight excluding hydrogens is 292 g/mol. The van der Waals surface area contributed by atoms with Gasteiger partial charge >= 0.3 is 12.0 Å². The predicted molar refractivity (Wildman–Crippen MR) is 90.0 cm³/mol. The van der Waals surface area contributed by atoms with E-state index in [4.69, 9.17) is 0 Å². The van der Waals surface area contributed by atoms with E-state index in [0.717, 1.165) is 10.8 Å². The van der Waals surface area contributed by atoms with E-state index in [1.807, 2.05) is 30.3 Å². The minimum Gasteiger partial charge on any atom is -0.478 e. The molecule has 114 valence electrons. The lowest BCUT2D eigenvalue weighted by Gasteiger charge is -2.11. The molecule has 3 N–H and O–H groups in total. The standard InChI is InChI=1S/C18H14N2O3/c21-17(22)15-10-12-6-4-5-7-13(12)11-16(15)20-18(23)19-14-8-2-1-3-9-14/h1-11H,(H,21,22)(H2,19,20,23). The second kappa shape index (κ2) is 6.19. The Morgan fingerprint density at radius 1 is 0.783 bits per heavy atom. The van der Waals surface area contributed by atoms with E-state index in [1.165, 1.54) is 0 Å². The van der Waals surface area contributed by atoms with E-state index >= 15 is 0 Å². The Bertz CT molecular complexity index is 876. The van der Waals surface area contributed by atoms with Crippen molar-refractivity contribution in [3.63, 3.8) is 0 Å². The van der Waals surface area contributed by atoms with Gasteiger partial charge < -0.3 is 15.7 Å². The smallest absolute Gasteiger partial charge is 0.337 e. The molecule has 0 spiro atoms. The summed E-state index contributed by atoms with van der Waals surface area (Å²) in [6.45, 7) is 0. The normalized spacial score (nSPS) is 10.3. The SMILES string of the molecule is O=C(Nc1ccccc1)Nc1cc2ccccc2cc1C(=O)O. The van der Waals surface area contributed by atoms with Gasteiger partial charge in [-0.25, -0.2) is 9.59 Å². The van der Waals surface area contributed by atoms with Crippen molar-refractivity contribution >= 4 is 34.1 Å². The Hall–Kier alpha value is -3.34. The van der Waals surface area contributed by atoms with Gasteiger partial charge in [0.1, 0.15) is 0 Å². The summed E-state index contributed by atoms with van der Waals surface area (Å²) < 4.78 is 0. The Kier molecular flexibility index (Phi) is 3.93. The number of hydrogen-bond acceptors (Lipinski definition) is 2. The van der Waals surface area contributed by atoms with Crippen LogP contribution in [0.4, 0.5) is 16.2 Å². The van der Waals surface area contributed by atoms with Gasteiger partial charge in [-0.15, -0.1) is 0 Å². The number of rotatable bonds is 3. The van der Waals surface area contributed by atoms with Crippen molar-refractivity contribution in [2.24, 2.45) is 0 Å². The quantitative estimate of drug-likeness (QED) is 0.679. The fourth-order valence-electron chi connectivity index (χ4n) is 2.33. The number of nitrogens with one attached hydrogen (secondary N) is 2. The summed E-state index contributed by atoms with van der Waals surface area (Å²) in [5.74, 6) is -1.09. The highest BCUT2D eigenvalue weighted by molar-refractivity contribution is 6.07. The van der Waals surface area contributed by atoms with E-state index in [9.17, 15) is 14.7 Å². The number of urea groups is 1. The van der Waals surface area contributed by atoms with Crippen LogP contribution in [0, 0.1) is 0 Å². The average molecular weight is 306 g/mol. The molecule has 0 atom stereocenters. The molecule has 3 rings (SSSR count). The minimum absolute atomic E-state index is 0.0481. The Balaban J connectivity index is 1.90. The van der Waals surface area contributed by atoms with Crippen LogP contribution in [0.2, 0.25) is 0 Å². The molecule has 3 aromatic rings. The summed E-state index contributed by atoms with van der Waals surface area (Å²) in [6.07, 6.45) is 0. The maximum Gasteiger partial charge on any atom is 0.337 e. The third kappa shape index (κ3) is 3.29. The minimum atomic E-state index is -1.09. The number of benzene rings is 3. The molecule has 0 heterocycles. The molecule has 3 aromatic carbocycles. The van der Waals surface area contributed by atoms with Crippen LogP contribution in [0.5, 0.6) is 0 Å². The number of carbonyl (C=O) groups is 2. The third-order valence-corrected chi connectivity index (χ3v) is 3.40. The number of carboxylic acid groups (broad SMARTS) is 1. The van der Waals surface area contributed by atoms with Gasteiger partial charge in [0.25, 0.3) is 0 Å². The van der Waals surface area contributed by atoms with Gasteiger partial charge in [-0.1, -0.05) is 42.5 Å². The van der Waals surface area contributed by atoms with Gasteiger partial charge in [-0.05, 0) is 35.0 Å². The number of fused-ring (bicyclic) bond motifs is 1. The largest absolute Gasteiger partial charge is 0.478 e. The van der Waals surface area contributed by atoms with Crippen molar-refractivity contribution in [2.75, 3.05) is 10.6 Å². The summed E-state index contributed by atoms with van der Waals surface area (Å²) in [7, 11) is 0. The maximum absolute atomic E-state index is 12.1. The van der Waals surface area contributed by atoms with E-state index in [1.54, 1.807) is 36.4 Å². The lowest BCUT2D eigenvalue weighted by molar-refractivity contribution is 0.0698. The van der Waals surface area contributed by atoms with Crippen molar-refractivity contribution in [1.82, 2.24) is 0 Å². The monoisotopic (exact) mass is 306 g/mol. The highest BCUT2D eigenvalue weighted by Gasteiger charge is 2.14. The van der Waals surface area contributed by atoms with Crippen LogP contribution >= 0.6 is 0 Å². The summed E-state index contributed by atoms with van der Waals surface area (Å²) in [5, 5.41) is 16.3. The number of hydrogen-bond donors (Lipinski definition) is 3. The summed E-state index contributed by atoms with van der Waals surface area (Å²) in [6, 6.07) is 19.0. The van der Waals surface area contributed by atoms with Crippen molar-refractivity contribution < 1.29 is 14.7 Å². The molecular formula is C18H14N2O3. The molecule has 5 nitrogen and oxygen atoms in total. The summed E-state index contributed by atoms with van der Waals surface area (Å²) in [5.41, 5.74) is 0.930. The van der Waals surface area contributed by atoms with Gasteiger partial charge in [0.2, 0.25) is 0 Å². The van der Waals surface area contributed by atoms with E-state index in [0.29, 0.717) is 5.69 Å². The fraction of sp³-hybridized carbons (Fsp3) is 0. The van der Waals surface area contributed by atoms with Crippen molar-refractivity contribution in [1.29, 1.82) is 0 Å². The zero-order valence-electron chi connectivity index (χ0n) is 12.1. The lowest BCUT2D eigenvalue weighted by Crippen LogP contribution is -2.21. The molecule has 0 fully saturated rings. The molecule has 0 aliphatic rings. The first kappa shape index (κ1) is 14.6. The zero-order valence-corrected chi connectivity index (χ0v) is 12.1. The van der Waals surface area contributed by atoms with Crippen LogP contribution in [-0.4, -0.2) is 17.1 Å². The van der Waals surface area contributed by atoms with Crippen LogP contribution in [0.25, 0.3) is 10.8 Å². The number of anilines is 2. The van der Waals surface area contributed by atoms with Crippen LogP contribution in [0.3, 0.4) is 0 Å². The molecule has 0 unspecified atom stereocenters. The predicted octanol–water partition coefficient (Wildman–Crippen LogP) is 4.18. The van der Waals surface area contributed by atoms with Gasteiger partial charge in [-0.2, -0.15) is 0 Å². The number of para-hydroxylation sites is 1. The van der Waals surface area contributed by atoms with Crippen molar-refractivity contribution in [2.45, 2.75) is 0 Å². The first-order valence-electron chi connectivity index (χ1n) is 7.02. The van der Waals surface area contributed by atoms with Gasteiger partial charge in [0.05, 0.1) is 11.3 Å². The molecule has 0 saturated heterocycles. The molecule has 0 aromatic heterocycles. The highest BCUT2D eigenvalue weighted by atomic mass is 16.4. The van der Waals surface area contributed by atoms with E-state index in [2.05, 4.69) is 10.6 Å². The van der Waals surface area contributed by atoms with Crippen LogP contribution in [0.1, 0.15) is 10.4 Å². The van der Waals surface area contributed by atoms with Gasteiger partial charge in [0.15, 0.2) is 0 Å². The average Bonchev–Trinajstić information content (AvgIpc) is 2.55. The Labute approximate surface area is 132 Å². The number of carboxylic acids is 1. The highest BCUT2D eigenvalue weighted by Crippen LogP contribution is 2.24.